The zero-order chi connectivity index (χ0) is 20.2. The molecule has 0 N–H and O–H groups in total. The third-order valence-corrected chi connectivity index (χ3v) is 4.86. The molecule has 0 spiro atoms. The minimum atomic E-state index is -0.640. The first-order chi connectivity index (χ1) is 14.1. The van der Waals surface area contributed by atoms with Crippen molar-refractivity contribution in [2.75, 3.05) is 19.7 Å². The predicted molar refractivity (Wildman–Crippen MR) is 105 cm³/mol. The molecule has 1 fully saturated rings. The Balaban J connectivity index is 1.61. The molecule has 0 saturated carbocycles. The fourth-order valence-corrected chi connectivity index (χ4v) is 3.32. The summed E-state index contributed by atoms with van der Waals surface area (Å²) in [7, 11) is 0. The van der Waals surface area contributed by atoms with E-state index in [4.69, 9.17) is 4.74 Å². The predicted octanol–water partition coefficient (Wildman–Crippen LogP) is 3.46. The van der Waals surface area contributed by atoms with Gasteiger partial charge < -0.3 is 9.64 Å². The van der Waals surface area contributed by atoms with E-state index in [0.717, 1.165) is 18.5 Å². The molecule has 4 rings (SSSR count). The second-order valence-corrected chi connectivity index (χ2v) is 6.84. The largest absolute Gasteiger partial charge is 0.452 e. The number of halogens is 1. The average molecular weight is 393 g/mol. The highest BCUT2D eigenvalue weighted by Crippen LogP contribution is 2.25. The van der Waals surface area contributed by atoms with Gasteiger partial charge in [-0.15, -0.1) is 0 Å². The number of esters is 1. The van der Waals surface area contributed by atoms with E-state index in [9.17, 15) is 14.0 Å². The van der Waals surface area contributed by atoms with Gasteiger partial charge in [0.25, 0.3) is 5.91 Å². The van der Waals surface area contributed by atoms with E-state index in [0.29, 0.717) is 24.3 Å². The standard InChI is InChI=1S/C22H20FN3O3/c23-17-10-8-16(9-11-17)21-19(14-26(24-21)18-6-2-1-3-7-18)22(28)29-15-20(27)25-12-4-5-13-25/h1-3,6-11,14H,4-5,12-13,15H2. The molecule has 1 amide bonds. The molecule has 2 aromatic carbocycles. The third kappa shape index (κ3) is 4.18. The lowest BCUT2D eigenvalue weighted by atomic mass is 10.1. The Labute approximate surface area is 167 Å². The minimum absolute atomic E-state index is 0.199. The molecule has 3 aromatic rings. The molecule has 29 heavy (non-hydrogen) atoms. The van der Waals surface area contributed by atoms with E-state index >= 15 is 0 Å². The molecule has 1 saturated heterocycles. The van der Waals surface area contributed by atoms with Gasteiger partial charge in [0.05, 0.1) is 5.69 Å². The van der Waals surface area contributed by atoms with Crippen LogP contribution in [0.4, 0.5) is 4.39 Å². The molecule has 0 aliphatic carbocycles. The lowest BCUT2D eigenvalue weighted by Gasteiger charge is -2.14. The number of nitrogens with zero attached hydrogens (tertiary/aromatic N) is 3. The van der Waals surface area contributed by atoms with Crippen molar-refractivity contribution in [1.82, 2.24) is 14.7 Å². The number of para-hydroxylation sites is 1. The van der Waals surface area contributed by atoms with Gasteiger partial charge in [-0.25, -0.2) is 13.9 Å². The molecule has 2 heterocycles. The van der Waals surface area contributed by atoms with Crippen LogP contribution in [0.15, 0.2) is 60.8 Å². The van der Waals surface area contributed by atoms with Crippen LogP contribution in [0, 0.1) is 5.82 Å². The van der Waals surface area contributed by atoms with Crippen LogP contribution < -0.4 is 0 Å². The van der Waals surface area contributed by atoms with Crippen molar-refractivity contribution in [3.8, 4) is 16.9 Å². The Kier molecular flexibility index (Phi) is 5.37. The molecule has 0 atom stereocenters. The monoisotopic (exact) mass is 393 g/mol. The topological polar surface area (TPSA) is 64.4 Å². The number of carbonyl (C=O) groups is 2. The van der Waals surface area contributed by atoms with Gasteiger partial charge in [-0.1, -0.05) is 18.2 Å². The fourth-order valence-electron chi connectivity index (χ4n) is 3.32. The number of amides is 1. The second-order valence-electron chi connectivity index (χ2n) is 6.84. The maximum atomic E-state index is 13.3. The average Bonchev–Trinajstić information content (AvgIpc) is 3.43. The SMILES string of the molecule is O=C(OCC(=O)N1CCCC1)c1cn(-c2ccccc2)nc1-c1ccc(F)cc1. The van der Waals surface area contributed by atoms with Gasteiger partial charge >= 0.3 is 5.97 Å². The molecule has 0 bridgehead atoms. The van der Waals surface area contributed by atoms with Gasteiger partial charge in [0.15, 0.2) is 6.61 Å². The molecule has 148 valence electrons. The summed E-state index contributed by atoms with van der Waals surface area (Å²) in [6, 6.07) is 15.0. The van der Waals surface area contributed by atoms with Crippen LogP contribution in [0.2, 0.25) is 0 Å². The number of benzene rings is 2. The minimum Gasteiger partial charge on any atom is -0.452 e. The van der Waals surface area contributed by atoms with Gasteiger partial charge in [-0.2, -0.15) is 5.10 Å². The smallest absolute Gasteiger partial charge is 0.342 e. The summed E-state index contributed by atoms with van der Waals surface area (Å²) in [6.07, 6.45) is 3.51. The highest BCUT2D eigenvalue weighted by atomic mass is 19.1. The quantitative estimate of drug-likeness (QED) is 0.623. The summed E-state index contributed by atoms with van der Waals surface area (Å²) in [5, 5.41) is 4.50. The second kappa shape index (κ2) is 8.26. The van der Waals surface area contributed by atoms with Gasteiger partial charge in [0.2, 0.25) is 0 Å². The number of hydrogen-bond acceptors (Lipinski definition) is 4. The summed E-state index contributed by atoms with van der Waals surface area (Å²) >= 11 is 0. The maximum absolute atomic E-state index is 13.3. The van der Waals surface area contributed by atoms with Crippen molar-refractivity contribution < 1.29 is 18.7 Å². The van der Waals surface area contributed by atoms with Gasteiger partial charge in [0.1, 0.15) is 17.1 Å². The molecule has 1 aliphatic heterocycles. The van der Waals surface area contributed by atoms with Crippen LogP contribution in [0.25, 0.3) is 16.9 Å². The van der Waals surface area contributed by atoms with E-state index in [-0.39, 0.29) is 23.9 Å². The van der Waals surface area contributed by atoms with Gasteiger partial charge in [-0.3, -0.25) is 4.79 Å². The van der Waals surface area contributed by atoms with Crippen LogP contribution >= 0.6 is 0 Å². The van der Waals surface area contributed by atoms with Crippen molar-refractivity contribution in [2.45, 2.75) is 12.8 Å². The van der Waals surface area contributed by atoms with Crippen molar-refractivity contribution in [1.29, 1.82) is 0 Å². The van der Waals surface area contributed by atoms with Gasteiger partial charge in [-0.05, 0) is 49.2 Å². The number of carbonyl (C=O) groups excluding carboxylic acids is 2. The molecule has 0 unspecified atom stereocenters. The Morgan fingerprint density at radius 2 is 1.69 bits per heavy atom. The van der Waals surface area contributed by atoms with Crippen LogP contribution in [-0.4, -0.2) is 46.3 Å². The highest BCUT2D eigenvalue weighted by Gasteiger charge is 2.23. The van der Waals surface area contributed by atoms with Crippen molar-refractivity contribution in [3.63, 3.8) is 0 Å². The van der Waals surface area contributed by atoms with Crippen molar-refractivity contribution >= 4 is 11.9 Å². The van der Waals surface area contributed by atoms with Crippen LogP contribution in [0.3, 0.4) is 0 Å². The molecule has 1 aromatic heterocycles. The fraction of sp³-hybridized carbons (Fsp3) is 0.227. The van der Waals surface area contributed by atoms with E-state index in [2.05, 4.69) is 5.10 Å². The Morgan fingerprint density at radius 3 is 2.38 bits per heavy atom. The number of ether oxygens (including phenoxy) is 1. The maximum Gasteiger partial charge on any atom is 0.342 e. The van der Waals surface area contributed by atoms with Crippen LogP contribution in [0.5, 0.6) is 0 Å². The summed E-state index contributed by atoms with van der Waals surface area (Å²) < 4.78 is 20.2. The van der Waals surface area contributed by atoms with E-state index < -0.39 is 5.97 Å². The molecule has 1 aliphatic rings. The number of hydrogen-bond donors (Lipinski definition) is 0. The zero-order valence-electron chi connectivity index (χ0n) is 15.8. The third-order valence-electron chi connectivity index (χ3n) is 4.86. The first-order valence-electron chi connectivity index (χ1n) is 9.48. The lowest BCUT2D eigenvalue weighted by molar-refractivity contribution is -0.133. The summed E-state index contributed by atoms with van der Waals surface area (Å²) in [4.78, 5) is 26.6. The highest BCUT2D eigenvalue weighted by molar-refractivity contribution is 5.97. The Bertz CT molecular complexity index is 1010. The molecule has 7 heteroatoms. The molecule has 6 nitrogen and oxygen atoms in total. The Hall–Kier alpha value is -3.48. The first kappa shape index (κ1) is 18.9. The molecular formula is C22H20FN3O3. The molecular weight excluding hydrogens is 373 g/mol. The van der Waals surface area contributed by atoms with E-state index in [1.165, 1.54) is 12.1 Å². The zero-order valence-corrected chi connectivity index (χ0v) is 15.8. The summed E-state index contributed by atoms with van der Waals surface area (Å²) in [6.45, 7) is 1.09. The van der Waals surface area contributed by atoms with Crippen molar-refractivity contribution in [2.24, 2.45) is 0 Å². The first-order valence-corrected chi connectivity index (χ1v) is 9.48. The van der Waals surface area contributed by atoms with Crippen LogP contribution in [-0.2, 0) is 9.53 Å². The van der Waals surface area contributed by atoms with Crippen molar-refractivity contribution in [3.05, 3.63) is 72.2 Å². The van der Waals surface area contributed by atoms with Gasteiger partial charge in [0, 0.05) is 24.8 Å². The van der Waals surface area contributed by atoms with E-state index in [1.54, 1.807) is 27.9 Å². The van der Waals surface area contributed by atoms with E-state index in [1.807, 2.05) is 30.3 Å². The molecule has 0 radical (unpaired) electrons. The lowest BCUT2D eigenvalue weighted by Crippen LogP contribution is -2.32. The van der Waals surface area contributed by atoms with Crippen LogP contribution in [0.1, 0.15) is 23.2 Å². The number of aromatic nitrogens is 2. The summed E-state index contributed by atoms with van der Waals surface area (Å²) in [5.41, 5.74) is 1.93. The Morgan fingerprint density at radius 1 is 1.00 bits per heavy atom. The summed E-state index contributed by atoms with van der Waals surface area (Å²) in [5.74, 6) is -1.22. The number of likely N-dealkylation sites (tertiary alicyclic amines) is 1. The number of rotatable bonds is 5. The normalized spacial score (nSPS) is 13.5.